The molecule has 2 N–H and O–H groups in total. The Morgan fingerprint density at radius 1 is 1.25 bits per heavy atom. The van der Waals surface area contributed by atoms with Crippen LogP contribution in [0.4, 0.5) is 0 Å². The van der Waals surface area contributed by atoms with Gasteiger partial charge >= 0.3 is 0 Å². The maximum absolute atomic E-state index is 6.13. The lowest BCUT2D eigenvalue weighted by Crippen LogP contribution is -2.10. The molecule has 0 fully saturated rings. The van der Waals surface area contributed by atoms with Crippen LogP contribution >= 0.6 is 0 Å². The minimum Gasteiger partial charge on any atom is -0.320 e. The first kappa shape index (κ1) is 10.9. The van der Waals surface area contributed by atoms with E-state index in [0.29, 0.717) is 0 Å². The predicted octanol–water partition coefficient (Wildman–Crippen LogP) is 1.07. The highest BCUT2D eigenvalue weighted by atomic mass is 15.3. The van der Waals surface area contributed by atoms with E-state index in [1.807, 2.05) is 30.3 Å². The van der Waals surface area contributed by atoms with Crippen molar-refractivity contribution in [2.75, 3.05) is 0 Å². The van der Waals surface area contributed by atoms with E-state index in [2.05, 4.69) is 17.1 Å². The van der Waals surface area contributed by atoms with Crippen LogP contribution in [-0.4, -0.2) is 19.6 Å². The molecule has 0 saturated carbocycles. The molecule has 1 unspecified atom stereocenters. The normalized spacial score (nSPS) is 12.9. The lowest BCUT2D eigenvalue weighted by Gasteiger charge is -2.05. The van der Waals surface area contributed by atoms with Crippen LogP contribution in [0.1, 0.15) is 30.5 Å². The molecular weight excluding hydrogens is 202 g/mol. The molecule has 0 radical (unpaired) electrons. The van der Waals surface area contributed by atoms with E-state index in [-0.39, 0.29) is 6.04 Å². The van der Waals surface area contributed by atoms with Crippen LogP contribution < -0.4 is 5.73 Å². The van der Waals surface area contributed by atoms with Gasteiger partial charge in [-0.25, -0.2) is 0 Å². The fourth-order valence-corrected chi connectivity index (χ4v) is 1.68. The van der Waals surface area contributed by atoms with Crippen LogP contribution in [-0.2, 0) is 13.6 Å². The van der Waals surface area contributed by atoms with Crippen LogP contribution in [0.25, 0.3) is 0 Å². The Morgan fingerprint density at radius 2 is 1.94 bits per heavy atom. The summed E-state index contributed by atoms with van der Waals surface area (Å²) in [4.78, 5) is 0. The van der Waals surface area contributed by atoms with Crippen molar-refractivity contribution in [2.24, 2.45) is 12.8 Å². The van der Waals surface area contributed by atoms with Crippen molar-refractivity contribution in [3.63, 3.8) is 0 Å². The van der Waals surface area contributed by atoms with Crippen LogP contribution in [0.2, 0.25) is 0 Å². The summed E-state index contributed by atoms with van der Waals surface area (Å²) in [5, 5.41) is 8.38. The molecule has 0 aliphatic carbocycles. The van der Waals surface area contributed by atoms with Crippen molar-refractivity contribution < 1.29 is 0 Å². The highest BCUT2D eigenvalue weighted by molar-refractivity contribution is 5.24. The number of nitrogens with zero attached hydrogens (tertiary/aromatic N) is 4. The van der Waals surface area contributed by atoms with Gasteiger partial charge in [0.25, 0.3) is 0 Å². The maximum atomic E-state index is 6.13. The van der Waals surface area contributed by atoms with Crippen molar-refractivity contribution in [2.45, 2.75) is 25.9 Å². The first-order valence-electron chi connectivity index (χ1n) is 5.47. The summed E-state index contributed by atoms with van der Waals surface area (Å²) in [6.45, 7) is 3.06. The first-order valence-corrected chi connectivity index (χ1v) is 5.47. The topological polar surface area (TPSA) is 61.7 Å². The van der Waals surface area contributed by atoms with Gasteiger partial charge < -0.3 is 5.73 Å². The molecule has 0 aliphatic heterocycles. The monoisotopic (exact) mass is 219 g/mol. The Labute approximate surface area is 94.9 Å². The molecule has 0 saturated heterocycles. The highest BCUT2D eigenvalue weighted by Gasteiger charge is 2.12. The fourth-order valence-electron chi connectivity index (χ4n) is 1.68. The quantitative estimate of drug-likeness (QED) is 0.836. The SMILES string of the molecule is CCCn1cc(C(N)c2cnn(C)c2)cn1. The van der Waals surface area contributed by atoms with Gasteiger partial charge in [0, 0.05) is 37.1 Å². The lowest BCUT2D eigenvalue weighted by atomic mass is 10.1. The molecule has 2 aromatic heterocycles. The number of nitrogens with two attached hydrogens (primary N) is 1. The van der Waals surface area contributed by atoms with Crippen LogP contribution in [0.5, 0.6) is 0 Å². The van der Waals surface area contributed by atoms with E-state index >= 15 is 0 Å². The summed E-state index contributed by atoms with van der Waals surface area (Å²) in [7, 11) is 1.89. The van der Waals surface area contributed by atoms with E-state index in [1.165, 1.54) is 0 Å². The van der Waals surface area contributed by atoms with Crippen molar-refractivity contribution in [1.29, 1.82) is 0 Å². The standard InChI is InChI=1S/C11H17N5/c1-3-4-16-8-10(6-14-16)11(12)9-5-13-15(2)7-9/h5-8,11H,3-4,12H2,1-2H3. The van der Waals surface area contributed by atoms with Gasteiger partial charge in [-0.2, -0.15) is 10.2 Å². The lowest BCUT2D eigenvalue weighted by molar-refractivity contribution is 0.602. The van der Waals surface area contributed by atoms with Crippen LogP contribution in [0, 0.1) is 0 Å². The van der Waals surface area contributed by atoms with E-state index in [4.69, 9.17) is 5.73 Å². The Morgan fingerprint density at radius 3 is 2.56 bits per heavy atom. The second-order valence-corrected chi connectivity index (χ2v) is 3.96. The third-order valence-electron chi connectivity index (χ3n) is 2.55. The second kappa shape index (κ2) is 4.49. The van der Waals surface area contributed by atoms with E-state index in [0.717, 1.165) is 24.1 Å². The van der Waals surface area contributed by atoms with Gasteiger partial charge in [0.05, 0.1) is 18.4 Å². The van der Waals surface area contributed by atoms with Crippen molar-refractivity contribution in [1.82, 2.24) is 19.6 Å². The zero-order chi connectivity index (χ0) is 11.5. The zero-order valence-corrected chi connectivity index (χ0v) is 9.67. The molecule has 1 atom stereocenters. The van der Waals surface area contributed by atoms with Gasteiger partial charge in [-0.3, -0.25) is 9.36 Å². The Hall–Kier alpha value is -1.62. The van der Waals surface area contributed by atoms with Crippen LogP contribution in [0.3, 0.4) is 0 Å². The summed E-state index contributed by atoms with van der Waals surface area (Å²) in [5.41, 5.74) is 8.17. The zero-order valence-electron chi connectivity index (χ0n) is 9.67. The Kier molecular flexibility index (Phi) is 3.05. The minimum absolute atomic E-state index is 0.140. The molecule has 0 bridgehead atoms. The molecule has 0 spiro atoms. The average Bonchev–Trinajstić information content (AvgIpc) is 2.87. The largest absolute Gasteiger partial charge is 0.320 e. The van der Waals surface area contributed by atoms with Gasteiger partial charge in [-0.15, -0.1) is 0 Å². The molecule has 5 heteroatoms. The Bertz CT molecular complexity index is 456. The summed E-state index contributed by atoms with van der Waals surface area (Å²) in [6.07, 6.45) is 8.63. The summed E-state index contributed by atoms with van der Waals surface area (Å²) in [5.74, 6) is 0. The highest BCUT2D eigenvalue weighted by Crippen LogP contribution is 2.17. The van der Waals surface area contributed by atoms with E-state index in [9.17, 15) is 0 Å². The van der Waals surface area contributed by atoms with Gasteiger partial charge in [-0.1, -0.05) is 6.92 Å². The summed E-state index contributed by atoms with van der Waals surface area (Å²) >= 11 is 0. The van der Waals surface area contributed by atoms with Gasteiger partial charge in [0.2, 0.25) is 0 Å². The molecule has 2 rings (SSSR count). The van der Waals surface area contributed by atoms with Gasteiger partial charge in [-0.05, 0) is 6.42 Å². The summed E-state index contributed by atoms with van der Waals surface area (Å²) < 4.78 is 3.68. The number of hydrogen-bond acceptors (Lipinski definition) is 3. The van der Waals surface area contributed by atoms with Crippen molar-refractivity contribution >= 4 is 0 Å². The molecule has 2 heterocycles. The Balaban J connectivity index is 2.17. The molecule has 5 nitrogen and oxygen atoms in total. The fraction of sp³-hybridized carbons (Fsp3) is 0.455. The molecule has 16 heavy (non-hydrogen) atoms. The van der Waals surface area contributed by atoms with Crippen molar-refractivity contribution in [3.8, 4) is 0 Å². The predicted molar refractivity (Wildman–Crippen MR) is 61.8 cm³/mol. The third-order valence-corrected chi connectivity index (χ3v) is 2.55. The van der Waals surface area contributed by atoms with E-state index in [1.54, 1.807) is 10.9 Å². The number of rotatable bonds is 4. The molecule has 0 aromatic carbocycles. The van der Waals surface area contributed by atoms with Gasteiger partial charge in [0.1, 0.15) is 0 Å². The maximum Gasteiger partial charge on any atom is 0.0614 e. The first-order chi connectivity index (χ1) is 7.70. The molecule has 86 valence electrons. The average molecular weight is 219 g/mol. The second-order valence-electron chi connectivity index (χ2n) is 3.96. The van der Waals surface area contributed by atoms with E-state index < -0.39 is 0 Å². The molecule has 0 aliphatic rings. The molecular formula is C11H17N5. The van der Waals surface area contributed by atoms with Crippen LogP contribution in [0.15, 0.2) is 24.8 Å². The number of aromatic nitrogens is 4. The minimum atomic E-state index is -0.140. The van der Waals surface area contributed by atoms with Gasteiger partial charge in [0.15, 0.2) is 0 Å². The molecule has 0 amide bonds. The van der Waals surface area contributed by atoms with Crippen molar-refractivity contribution in [3.05, 3.63) is 35.9 Å². The number of aryl methyl sites for hydroxylation is 2. The molecule has 2 aromatic rings. The third kappa shape index (κ3) is 2.14. The smallest absolute Gasteiger partial charge is 0.0614 e. The summed E-state index contributed by atoms with van der Waals surface area (Å²) in [6, 6.07) is -0.140. The number of hydrogen-bond donors (Lipinski definition) is 1.